The highest BCUT2D eigenvalue weighted by atomic mass is 19.1. The molecule has 0 spiro atoms. The third-order valence-corrected chi connectivity index (χ3v) is 3.60. The first kappa shape index (κ1) is 12.2. The van der Waals surface area contributed by atoms with Crippen LogP contribution in [0.1, 0.15) is 12.0 Å². The van der Waals surface area contributed by atoms with Crippen molar-refractivity contribution in [3.05, 3.63) is 35.6 Å². The van der Waals surface area contributed by atoms with Gasteiger partial charge in [-0.25, -0.2) is 4.39 Å². The summed E-state index contributed by atoms with van der Waals surface area (Å²) in [5.41, 5.74) is 8.17. The molecule has 1 atom stereocenters. The maximum absolute atomic E-state index is 13.6. The van der Waals surface area contributed by atoms with Crippen LogP contribution >= 0.6 is 0 Å². The molecule has 3 rings (SSSR count). The molecule has 4 nitrogen and oxygen atoms in total. The van der Waals surface area contributed by atoms with Crippen molar-refractivity contribution < 1.29 is 4.39 Å². The van der Waals surface area contributed by atoms with E-state index in [-0.39, 0.29) is 11.9 Å². The molecule has 1 aromatic carbocycles. The number of nitrogens with two attached hydrogens (primary N) is 1. The van der Waals surface area contributed by atoms with Crippen molar-refractivity contribution in [2.75, 3.05) is 18.0 Å². The number of benzene rings is 1. The fourth-order valence-electron chi connectivity index (χ4n) is 2.38. The van der Waals surface area contributed by atoms with E-state index in [2.05, 4.69) is 15.1 Å². The van der Waals surface area contributed by atoms with Gasteiger partial charge in [-0.05, 0) is 25.0 Å². The number of aromatic amines is 1. The summed E-state index contributed by atoms with van der Waals surface area (Å²) in [6.45, 7) is 3.50. The molecule has 100 valence electrons. The van der Waals surface area contributed by atoms with Gasteiger partial charge in [0.05, 0.1) is 5.69 Å². The van der Waals surface area contributed by atoms with Gasteiger partial charge >= 0.3 is 0 Å². The molecule has 0 aliphatic carbocycles. The van der Waals surface area contributed by atoms with Crippen LogP contribution in [0.4, 0.5) is 10.2 Å². The van der Waals surface area contributed by atoms with Crippen LogP contribution in [0.3, 0.4) is 0 Å². The normalized spacial score (nSPS) is 19.1. The summed E-state index contributed by atoms with van der Waals surface area (Å²) in [7, 11) is 0. The zero-order valence-electron chi connectivity index (χ0n) is 10.9. The molecule has 5 heteroatoms. The lowest BCUT2D eigenvalue weighted by atomic mass is 10.1. The summed E-state index contributed by atoms with van der Waals surface area (Å²) in [4.78, 5) is 2.15. The van der Waals surface area contributed by atoms with Gasteiger partial charge in [-0.2, -0.15) is 5.10 Å². The van der Waals surface area contributed by atoms with Crippen LogP contribution in [0, 0.1) is 12.7 Å². The summed E-state index contributed by atoms with van der Waals surface area (Å²) in [6, 6.07) is 7.37. The highest BCUT2D eigenvalue weighted by molar-refractivity contribution is 5.63. The van der Waals surface area contributed by atoms with Crippen molar-refractivity contribution in [1.82, 2.24) is 10.2 Å². The van der Waals surface area contributed by atoms with E-state index < -0.39 is 0 Å². The number of nitrogens with one attached hydrogen (secondary N) is 1. The van der Waals surface area contributed by atoms with E-state index in [0.717, 1.165) is 36.6 Å². The van der Waals surface area contributed by atoms with Gasteiger partial charge in [0.25, 0.3) is 0 Å². The third-order valence-electron chi connectivity index (χ3n) is 3.60. The Labute approximate surface area is 111 Å². The number of hydrogen-bond donors (Lipinski definition) is 2. The first-order valence-electron chi connectivity index (χ1n) is 6.46. The van der Waals surface area contributed by atoms with Crippen LogP contribution in [0.15, 0.2) is 24.3 Å². The average molecular weight is 260 g/mol. The van der Waals surface area contributed by atoms with Crippen LogP contribution in [0.5, 0.6) is 0 Å². The minimum atomic E-state index is -0.197. The number of H-pyrrole nitrogens is 1. The van der Waals surface area contributed by atoms with Crippen LogP contribution in [0.2, 0.25) is 0 Å². The lowest BCUT2D eigenvalue weighted by Crippen LogP contribution is -2.26. The molecule has 1 aromatic heterocycles. The maximum atomic E-state index is 13.6. The standard InChI is InChI=1S/C14H17FN4/c1-9-2-3-10(6-12(9)15)13-7-14(18-17-13)19-5-4-11(16)8-19/h2-3,6-7,11H,4-5,8,16H2,1H3,(H,17,18). The Bertz CT molecular complexity index is 593. The highest BCUT2D eigenvalue weighted by Gasteiger charge is 2.21. The fourth-order valence-corrected chi connectivity index (χ4v) is 2.38. The van der Waals surface area contributed by atoms with E-state index in [1.54, 1.807) is 13.0 Å². The van der Waals surface area contributed by atoms with Crippen LogP contribution < -0.4 is 10.6 Å². The smallest absolute Gasteiger partial charge is 0.151 e. The number of anilines is 1. The van der Waals surface area contributed by atoms with E-state index in [1.807, 2.05) is 12.1 Å². The van der Waals surface area contributed by atoms with Gasteiger partial charge in [-0.15, -0.1) is 0 Å². The Morgan fingerprint density at radius 1 is 1.42 bits per heavy atom. The van der Waals surface area contributed by atoms with Crippen molar-refractivity contribution >= 4 is 5.82 Å². The Kier molecular flexibility index (Phi) is 2.98. The van der Waals surface area contributed by atoms with Gasteiger partial charge in [0.2, 0.25) is 0 Å². The van der Waals surface area contributed by atoms with Crippen molar-refractivity contribution in [1.29, 1.82) is 0 Å². The predicted molar refractivity (Wildman–Crippen MR) is 73.5 cm³/mol. The Balaban J connectivity index is 1.86. The second kappa shape index (κ2) is 4.66. The topological polar surface area (TPSA) is 57.9 Å². The summed E-state index contributed by atoms with van der Waals surface area (Å²) < 4.78 is 13.6. The first-order chi connectivity index (χ1) is 9.13. The van der Waals surface area contributed by atoms with Gasteiger partial charge < -0.3 is 10.6 Å². The summed E-state index contributed by atoms with van der Waals surface area (Å²) >= 11 is 0. The first-order valence-corrected chi connectivity index (χ1v) is 6.46. The maximum Gasteiger partial charge on any atom is 0.151 e. The number of nitrogens with zero attached hydrogens (tertiary/aromatic N) is 2. The lowest BCUT2D eigenvalue weighted by Gasteiger charge is -2.13. The minimum Gasteiger partial charge on any atom is -0.354 e. The fraction of sp³-hybridized carbons (Fsp3) is 0.357. The summed E-state index contributed by atoms with van der Waals surface area (Å²) in [5.74, 6) is 0.681. The Morgan fingerprint density at radius 3 is 2.95 bits per heavy atom. The zero-order valence-corrected chi connectivity index (χ0v) is 10.9. The summed E-state index contributed by atoms with van der Waals surface area (Å²) in [5, 5.41) is 7.25. The van der Waals surface area contributed by atoms with Crippen molar-refractivity contribution in [2.24, 2.45) is 5.73 Å². The van der Waals surface area contributed by atoms with E-state index in [9.17, 15) is 4.39 Å². The lowest BCUT2D eigenvalue weighted by molar-refractivity contribution is 0.619. The van der Waals surface area contributed by atoms with E-state index in [1.165, 1.54) is 6.07 Å². The van der Waals surface area contributed by atoms with Gasteiger partial charge in [-0.3, -0.25) is 5.10 Å². The van der Waals surface area contributed by atoms with Crippen LogP contribution in [-0.4, -0.2) is 29.3 Å². The molecule has 1 unspecified atom stereocenters. The molecule has 0 saturated carbocycles. The highest BCUT2D eigenvalue weighted by Crippen LogP contribution is 2.25. The average Bonchev–Trinajstić information content (AvgIpc) is 3.01. The molecule has 1 aliphatic rings. The minimum absolute atomic E-state index is 0.197. The molecule has 2 heterocycles. The molecule has 0 bridgehead atoms. The zero-order chi connectivity index (χ0) is 13.4. The van der Waals surface area contributed by atoms with E-state index in [4.69, 9.17) is 5.73 Å². The molecule has 1 saturated heterocycles. The second-order valence-electron chi connectivity index (χ2n) is 5.10. The molecular formula is C14H17FN4. The van der Waals surface area contributed by atoms with Gasteiger partial charge in [0, 0.05) is 30.8 Å². The molecule has 0 radical (unpaired) electrons. The molecule has 0 amide bonds. The third kappa shape index (κ3) is 2.33. The number of aryl methyl sites for hydroxylation is 1. The van der Waals surface area contributed by atoms with Crippen LogP contribution in [0.25, 0.3) is 11.3 Å². The second-order valence-corrected chi connectivity index (χ2v) is 5.10. The quantitative estimate of drug-likeness (QED) is 0.869. The van der Waals surface area contributed by atoms with Gasteiger partial charge in [0.15, 0.2) is 5.82 Å². The van der Waals surface area contributed by atoms with Crippen molar-refractivity contribution in [2.45, 2.75) is 19.4 Å². The van der Waals surface area contributed by atoms with Crippen LogP contribution in [-0.2, 0) is 0 Å². The van der Waals surface area contributed by atoms with Crippen molar-refractivity contribution in [3.63, 3.8) is 0 Å². The Hall–Kier alpha value is -1.88. The van der Waals surface area contributed by atoms with Gasteiger partial charge in [-0.1, -0.05) is 12.1 Å². The molecule has 1 aliphatic heterocycles. The predicted octanol–water partition coefficient (Wildman–Crippen LogP) is 2.06. The van der Waals surface area contributed by atoms with Gasteiger partial charge in [0.1, 0.15) is 5.82 Å². The summed E-state index contributed by atoms with van der Waals surface area (Å²) in [6.07, 6.45) is 0.987. The molecule has 2 aromatic rings. The molecular weight excluding hydrogens is 243 g/mol. The molecule has 19 heavy (non-hydrogen) atoms. The molecule has 1 fully saturated rings. The Morgan fingerprint density at radius 2 is 2.26 bits per heavy atom. The van der Waals surface area contributed by atoms with Crippen molar-refractivity contribution in [3.8, 4) is 11.3 Å². The number of halogens is 1. The number of aromatic nitrogens is 2. The SMILES string of the molecule is Cc1ccc(-c2cc(N3CCC(N)C3)n[nH]2)cc1F. The monoisotopic (exact) mass is 260 g/mol. The largest absolute Gasteiger partial charge is 0.354 e. The van der Waals surface area contributed by atoms with E-state index >= 15 is 0 Å². The number of rotatable bonds is 2. The number of hydrogen-bond acceptors (Lipinski definition) is 3. The van der Waals surface area contributed by atoms with E-state index in [0.29, 0.717) is 5.56 Å². The molecule has 3 N–H and O–H groups in total.